The fourth-order valence-corrected chi connectivity index (χ4v) is 2.19. The zero-order valence-electron chi connectivity index (χ0n) is 12.0. The Morgan fingerprint density at radius 3 is 2.30 bits per heavy atom. The fraction of sp³-hybridized carbons (Fsp3) is 0. The third kappa shape index (κ3) is 2.55. The quantitative estimate of drug-likeness (QED) is 0.599. The summed E-state index contributed by atoms with van der Waals surface area (Å²) in [5.41, 5.74) is 8.61. The van der Waals surface area contributed by atoms with Crippen LogP contribution in [0.1, 0.15) is 0 Å². The predicted octanol–water partition coefficient (Wildman–Crippen LogP) is 3.01. The highest BCUT2D eigenvalue weighted by Crippen LogP contribution is 2.25. The van der Waals surface area contributed by atoms with Crippen LogP contribution in [0.25, 0.3) is 22.6 Å². The maximum absolute atomic E-state index is 5.96. The van der Waals surface area contributed by atoms with E-state index in [0.29, 0.717) is 11.2 Å². The van der Waals surface area contributed by atoms with E-state index in [9.17, 15) is 0 Å². The van der Waals surface area contributed by atoms with Crippen LogP contribution in [-0.4, -0.2) is 20.2 Å². The molecule has 0 bridgehead atoms. The molecule has 2 aromatic carbocycles. The molecule has 0 radical (unpaired) electrons. The van der Waals surface area contributed by atoms with Gasteiger partial charge in [-0.15, -0.1) is 5.10 Å². The highest BCUT2D eigenvalue weighted by atomic mass is 16.4. The Morgan fingerprint density at radius 1 is 0.826 bits per heavy atom. The topological polar surface area (TPSA) is 103 Å². The molecule has 2 heterocycles. The third-order valence-electron chi connectivity index (χ3n) is 3.25. The van der Waals surface area contributed by atoms with Crippen LogP contribution >= 0.6 is 0 Å². The molecule has 0 atom stereocenters. The molecule has 3 N–H and O–H groups in total. The maximum atomic E-state index is 5.96. The molecule has 0 aliphatic heterocycles. The van der Waals surface area contributed by atoms with Gasteiger partial charge >= 0.3 is 6.01 Å². The number of nitrogens with one attached hydrogen (secondary N) is 1. The van der Waals surface area contributed by atoms with Crippen molar-refractivity contribution in [3.05, 3.63) is 54.6 Å². The lowest BCUT2D eigenvalue weighted by Crippen LogP contribution is -1.98. The Kier molecular flexibility index (Phi) is 3.09. The van der Waals surface area contributed by atoms with E-state index in [0.717, 1.165) is 11.2 Å². The molecule has 0 saturated heterocycles. The Morgan fingerprint density at radius 2 is 1.52 bits per heavy atom. The average molecular weight is 304 g/mol. The van der Waals surface area contributed by atoms with Gasteiger partial charge in [0.25, 0.3) is 5.89 Å². The minimum Gasteiger partial charge on any atom is -0.401 e. The highest BCUT2D eigenvalue weighted by Gasteiger charge is 2.15. The molecule has 2 aromatic heterocycles. The largest absolute Gasteiger partial charge is 0.401 e. The van der Waals surface area contributed by atoms with Gasteiger partial charge in [0.1, 0.15) is 0 Å². The van der Waals surface area contributed by atoms with E-state index in [1.807, 2.05) is 54.6 Å². The van der Waals surface area contributed by atoms with E-state index in [2.05, 4.69) is 25.5 Å². The van der Waals surface area contributed by atoms with Crippen molar-refractivity contribution in [1.82, 2.24) is 20.2 Å². The monoisotopic (exact) mass is 304 g/mol. The number of nitrogen functional groups attached to an aromatic ring is 1. The summed E-state index contributed by atoms with van der Waals surface area (Å²) in [5.74, 6) is 0.470. The molecule has 7 heteroatoms. The minimum absolute atomic E-state index is 0.221. The molecule has 4 aromatic rings. The smallest absolute Gasteiger partial charge is 0.320 e. The summed E-state index contributed by atoms with van der Waals surface area (Å²) >= 11 is 0. The van der Waals surface area contributed by atoms with Crippen molar-refractivity contribution in [2.45, 2.75) is 0 Å². The van der Waals surface area contributed by atoms with Gasteiger partial charge in [0.15, 0.2) is 11.5 Å². The highest BCUT2D eigenvalue weighted by molar-refractivity contribution is 5.80. The number of para-hydroxylation sites is 3. The Labute approximate surface area is 131 Å². The summed E-state index contributed by atoms with van der Waals surface area (Å²) in [6.45, 7) is 0. The molecular weight excluding hydrogens is 292 g/mol. The predicted molar refractivity (Wildman–Crippen MR) is 87.0 cm³/mol. The summed E-state index contributed by atoms with van der Waals surface area (Å²) in [6, 6.07) is 17.3. The van der Waals surface area contributed by atoms with E-state index in [-0.39, 0.29) is 17.7 Å². The second-order valence-corrected chi connectivity index (χ2v) is 4.85. The van der Waals surface area contributed by atoms with Crippen molar-refractivity contribution in [2.24, 2.45) is 0 Å². The lowest BCUT2D eigenvalue weighted by Gasteiger charge is -2.02. The van der Waals surface area contributed by atoms with Crippen molar-refractivity contribution < 1.29 is 4.42 Å². The fourth-order valence-electron chi connectivity index (χ4n) is 2.19. The number of anilines is 3. The molecule has 0 saturated carbocycles. The first kappa shape index (κ1) is 13.2. The maximum Gasteiger partial charge on any atom is 0.320 e. The third-order valence-corrected chi connectivity index (χ3v) is 3.25. The molecule has 0 amide bonds. The number of nitrogens with two attached hydrogens (primary N) is 1. The number of fused-ring (bicyclic) bond motifs is 1. The van der Waals surface area contributed by atoms with E-state index in [1.54, 1.807) is 0 Å². The van der Waals surface area contributed by atoms with Gasteiger partial charge in [-0.25, -0.2) is 9.97 Å². The van der Waals surface area contributed by atoms with Crippen LogP contribution in [-0.2, 0) is 0 Å². The van der Waals surface area contributed by atoms with Crippen LogP contribution in [0.2, 0.25) is 0 Å². The first-order chi connectivity index (χ1) is 11.3. The van der Waals surface area contributed by atoms with E-state index >= 15 is 0 Å². The molecule has 23 heavy (non-hydrogen) atoms. The zero-order chi connectivity index (χ0) is 15.6. The van der Waals surface area contributed by atoms with Gasteiger partial charge in [-0.1, -0.05) is 35.4 Å². The number of rotatable bonds is 3. The molecule has 0 unspecified atom stereocenters. The summed E-state index contributed by atoms with van der Waals surface area (Å²) in [6.07, 6.45) is 0. The number of hydrogen-bond donors (Lipinski definition) is 2. The van der Waals surface area contributed by atoms with Crippen molar-refractivity contribution in [2.75, 3.05) is 11.1 Å². The van der Waals surface area contributed by atoms with Crippen LogP contribution < -0.4 is 11.1 Å². The van der Waals surface area contributed by atoms with Crippen LogP contribution in [0.3, 0.4) is 0 Å². The van der Waals surface area contributed by atoms with Gasteiger partial charge in [-0.05, 0) is 24.3 Å². The lowest BCUT2D eigenvalue weighted by molar-refractivity contribution is 0.585. The van der Waals surface area contributed by atoms with Crippen LogP contribution in [0.4, 0.5) is 17.5 Å². The van der Waals surface area contributed by atoms with Crippen molar-refractivity contribution in [3.8, 4) is 11.6 Å². The molecule has 4 rings (SSSR count). The van der Waals surface area contributed by atoms with Gasteiger partial charge in [0.2, 0.25) is 0 Å². The van der Waals surface area contributed by atoms with E-state index in [1.165, 1.54) is 0 Å². The number of hydrogen-bond acceptors (Lipinski definition) is 7. The summed E-state index contributed by atoms with van der Waals surface area (Å²) in [4.78, 5) is 8.77. The molecule has 0 fully saturated rings. The molecule has 0 spiro atoms. The van der Waals surface area contributed by atoms with Gasteiger partial charge in [0, 0.05) is 5.69 Å². The van der Waals surface area contributed by atoms with Gasteiger partial charge in [0.05, 0.1) is 11.0 Å². The first-order valence-electron chi connectivity index (χ1n) is 6.98. The van der Waals surface area contributed by atoms with Crippen molar-refractivity contribution in [1.29, 1.82) is 0 Å². The normalized spacial score (nSPS) is 10.8. The second kappa shape index (κ2) is 5.38. The van der Waals surface area contributed by atoms with Gasteiger partial charge in [-0.3, -0.25) is 0 Å². The number of benzene rings is 2. The molecule has 0 aliphatic rings. The van der Waals surface area contributed by atoms with Crippen LogP contribution in [0, 0.1) is 0 Å². The van der Waals surface area contributed by atoms with E-state index < -0.39 is 0 Å². The summed E-state index contributed by atoms with van der Waals surface area (Å²) in [5, 5.41) is 11.0. The Hall–Kier alpha value is -3.48. The van der Waals surface area contributed by atoms with Crippen LogP contribution in [0.15, 0.2) is 59.0 Å². The SMILES string of the molecule is Nc1nc2ccccc2nc1-c1nnc(Nc2ccccc2)o1. The second-order valence-electron chi connectivity index (χ2n) is 4.85. The number of aromatic nitrogens is 4. The van der Waals surface area contributed by atoms with Gasteiger partial charge < -0.3 is 15.5 Å². The Balaban J connectivity index is 1.70. The standard InChI is InChI=1S/C16H12N6O/c17-14-13(19-11-8-4-5-9-12(11)20-14)15-21-22-16(23-15)18-10-6-2-1-3-7-10/h1-9H,(H2,17,20)(H,18,22). The van der Waals surface area contributed by atoms with Crippen LogP contribution in [0.5, 0.6) is 0 Å². The molecular formula is C16H12N6O. The van der Waals surface area contributed by atoms with Crippen molar-refractivity contribution >= 4 is 28.6 Å². The molecule has 7 nitrogen and oxygen atoms in total. The summed E-state index contributed by atoms with van der Waals surface area (Å²) in [7, 11) is 0. The average Bonchev–Trinajstić information content (AvgIpc) is 3.03. The minimum atomic E-state index is 0.221. The Bertz CT molecular complexity index is 967. The zero-order valence-corrected chi connectivity index (χ0v) is 12.0. The first-order valence-corrected chi connectivity index (χ1v) is 6.98. The summed E-state index contributed by atoms with van der Waals surface area (Å²) < 4.78 is 5.59. The molecule has 112 valence electrons. The number of nitrogens with zero attached hydrogens (tertiary/aromatic N) is 4. The van der Waals surface area contributed by atoms with Crippen molar-refractivity contribution in [3.63, 3.8) is 0 Å². The lowest BCUT2D eigenvalue weighted by atomic mass is 10.3. The molecule has 0 aliphatic carbocycles. The van der Waals surface area contributed by atoms with E-state index in [4.69, 9.17) is 10.2 Å². The van der Waals surface area contributed by atoms with Gasteiger partial charge in [-0.2, -0.15) is 0 Å².